The smallest absolute Gasteiger partial charge is 0.297 e. The van der Waals surface area contributed by atoms with E-state index in [0.29, 0.717) is 23.6 Å². The van der Waals surface area contributed by atoms with E-state index in [1.165, 1.54) is 0 Å². The summed E-state index contributed by atoms with van der Waals surface area (Å²) in [7, 11) is 0. The first-order valence-corrected chi connectivity index (χ1v) is 6.33. The molecule has 2 aromatic carbocycles. The van der Waals surface area contributed by atoms with Gasteiger partial charge in [-0.05, 0) is 24.1 Å². The lowest BCUT2D eigenvalue weighted by Gasteiger charge is -2.10. The monoisotopic (exact) mass is 267 g/mol. The van der Waals surface area contributed by atoms with Crippen LogP contribution in [0.4, 0.5) is 5.69 Å². The number of hydrogen-bond acceptors (Lipinski definition) is 3. The highest BCUT2D eigenvalue weighted by Gasteiger charge is 2.32. The summed E-state index contributed by atoms with van der Waals surface area (Å²) in [5.41, 5.74) is 2.76. The zero-order valence-corrected chi connectivity index (χ0v) is 11.0. The van der Waals surface area contributed by atoms with Gasteiger partial charge in [-0.2, -0.15) is 0 Å². The van der Waals surface area contributed by atoms with E-state index in [-0.39, 0.29) is 0 Å². The Kier molecular flexibility index (Phi) is 2.99. The number of amides is 1. The molecule has 1 aliphatic heterocycles. The maximum atomic E-state index is 11.9. The molecule has 4 nitrogen and oxygen atoms in total. The van der Waals surface area contributed by atoms with Gasteiger partial charge in [-0.25, -0.2) is 0 Å². The highest BCUT2D eigenvalue weighted by atomic mass is 16.5. The molecule has 0 aliphatic carbocycles. The fraction of sp³-hybridized carbons (Fsp3) is 0.125. The van der Waals surface area contributed by atoms with Crippen molar-refractivity contribution < 1.29 is 14.3 Å². The van der Waals surface area contributed by atoms with Crippen LogP contribution in [0.3, 0.4) is 0 Å². The Morgan fingerprint density at radius 1 is 1.05 bits per heavy atom. The number of aryl methyl sites for hydroxylation is 1. The Bertz CT molecular complexity index is 692. The van der Waals surface area contributed by atoms with Gasteiger partial charge < -0.3 is 10.1 Å². The average Bonchev–Trinajstić information content (AvgIpc) is 2.77. The van der Waals surface area contributed by atoms with Crippen LogP contribution in [0.2, 0.25) is 0 Å². The van der Waals surface area contributed by atoms with E-state index >= 15 is 0 Å². The third-order valence-corrected chi connectivity index (χ3v) is 3.28. The number of ether oxygens (including phenoxy) is 1. The minimum absolute atomic E-state index is 0.339. The van der Waals surface area contributed by atoms with Crippen LogP contribution in [0, 0.1) is 6.92 Å². The standard InChI is InChI=1S/C16H13NO3/c1-10-7-8-12(13-14(10)17-16(19)15(13)18)20-9-11-5-3-2-4-6-11/h2-8H,9H2,1H3,(H,17,18,19). The fourth-order valence-corrected chi connectivity index (χ4v) is 2.21. The number of carbonyl (C=O) groups is 2. The molecule has 4 heteroatoms. The summed E-state index contributed by atoms with van der Waals surface area (Å²) in [5, 5.41) is 2.59. The van der Waals surface area contributed by atoms with Crippen LogP contribution in [-0.2, 0) is 11.4 Å². The van der Waals surface area contributed by atoms with Gasteiger partial charge >= 0.3 is 0 Å². The quantitative estimate of drug-likeness (QED) is 0.870. The number of anilines is 1. The van der Waals surface area contributed by atoms with Crippen molar-refractivity contribution in [1.29, 1.82) is 0 Å². The van der Waals surface area contributed by atoms with Crippen LogP contribution in [-0.4, -0.2) is 11.7 Å². The molecule has 100 valence electrons. The topological polar surface area (TPSA) is 55.4 Å². The normalized spacial score (nSPS) is 13.1. The van der Waals surface area contributed by atoms with E-state index in [4.69, 9.17) is 4.74 Å². The molecule has 0 radical (unpaired) electrons. The molecule has 20 heavy (non-hydrogen) atoms. The molecule has 0 fully saturated rings. The first-order valence-electron chi connectivity index (χ1n) is 6.33. The molecule has 2 aromatic rings. The molecule has 0 spiro atoms. The molecule has 0 bridgehead atoms. The molecule has 0 unspecified atom stereocenters. The molecule has 3 rings (SSSR count). The van der Waals surface area contributed by atoms with Gasteiger partial charge in [0, 0.05) is 0 Å². The summed E-state index contributed by atoms with van der Waals surface area (Å²) in [6, 6.07) is 13.2. The third kappa shape index (κ3) is 2.05. The molecule has 1 aliphatic rings. The van der Waals surface area contributed by atoms with Crippen LogP contribution >= 0.6 is 0 Å². The van der Waals surface area contributed by atoms with E-state index in [2.05, 4.69) is 5.32 Å². The number of carbonyl (C=O) groups excluding carboxylic acids is 2. The van der Waals surface area contributed by atoms with Crippen molar-refractivity contribution >= 4 is 17.4 Å². The Balaban J connectivity index is 1.91. The number of ketones is 1. The van der Waals surface area contributed by atoms with Crippen molar-refractivity contribution in [1.82, 2.24) is 0 Å². The summed E-state index contributed by atoms with van der Waals surface area (Å²) in [4.78, 5) is 23.4. The number of nitrogens with one attached hydrogen (secondary N) is 1. The number of fused-ring (bicyclic) bond motifs is 1. The van der Waals surface area contributed by atoms with Crippen LogP contribution in [0.5, 0.6) is 5.75 Å². The lowest BCUT2D eigenvalue weighted by molar-refractivity contribution is -0.112. The van der Waals surface area contributed by atoms with Gasteiger partial charge in [-0.15, -0.1) is 0 Å². The summed E-state index contributed by atoms with van der Waals surface area (Å²) in [6.45, 7) is 2.20. The Morgan fingerprint density at radius 2 is 1.80 bits per heavy atom. The molecule has 0 saturated heterocycles. The minimum atomic E-state index is -0.598. The van der Waals surface area contributed by atoms with Gasteiger partial charge in [0.05, 0.1) is 11.3 Å². The predicted octanol–water partition coefficient (Wildman–Crippen LogP) is 2.71. The highest BCUT2D eigenvalue weighted by Crippen LogP contribution is 2.34. The van der Waals surface area contributed by atoms with Crippen molar-refractivity contribution in [2.75, 3.05) is 5.32 Å². The SMILES string of the molecule is Cc1ccc(OCc2ccccc2)c2c1NC(=O)C2=O. The van der Waals surface area contributed by atoms with Gasteiger partial charge in [-0.1, -0.05) is 36.4 Å². The Hall–Kier alpha value is -2.62. The van der Waals surface area contributed by atoms with E-state index < -0.39 is 11.7 Å². The lowest BCUT2D eigenvalue weighted by atomic mass is 10.1. The van der Waals surface area contributed by atoms with Crippen molar-refractivity contribution in [3.63, 3.8) is 0 Å². The number of rotatable bonds is 3. The Morgan fingerprint density at radius 3 is 2.55 bits per heavy atom. The molecule has 0 saturated carbocycles. The zero-order chi connectivity index (χ0) is 14.1. The lowest BCUT2D eigenvalue weighted by Crippen LogP contribution is -2.13. The minimum Gasteiger partial charge on any atom is -0.488 e. The van der Waals surface area contributed by atoms with Crippen LogP contribution in [0.15, 0.2) is 42.5 Å². The van der Waals surface area contributed by atoms with Gasteiger partial charge in [0.2, 0.25) is 0 Å². The van der Waals surface area contributed by atoms with Gasteiger partial charge in [-0.3, -0.25) is 9.59 Å². The van der Waals surface area contributed by atoms with Crippen LogP contribution < -0.4 is 10.1 Å². The van der Waals surface area contributed by atoms with E-state index in [0.717, 1.165) is 11.1 Å². The van der Waals surface area contributed by atoms with E-state index in [1.54, 1.807) is 6.07 Å². The zero-order valence-electron chi connectivity index (χ0n) is 11.0. The largest absolute Gasteiger partial charge is 0.488 e. The van der Waals surface area contributed by atoms with E-state index in [9.17, 15) is 9.59 Å². The average molecular weight is 267 g/mol. The molecule has 1 N–H and O–H groups in total. The second-order valence-electron chi connectivity index (χ2n) is 4.69. The molecule has 1 heterocycles. The number of hydrogen-bond donors (Lipinski definition) is 1. The second-order valence-corrected chi connectivity index (χ2v) is 4.69. The molecular weight excluding hydrogens is 254 g/mol. The van der Waals surface area contributed by atoms with Crippen molar-refractivity contribution in [2.45, 2.75) is 13.5 Å². The molecule has 0 aromatic heterocycles. The third-order valence-electron chi connectivity index (χ3n) is 3.28. The van der Waals surface area contributed by atoms with Crippen molar-refractivity contribution in [3.8, 4) is 5.75 Å². The van der Waals surface area contributed by atoms with Gasteiger partial charge in [0.1, 0.15) is 12.4 Å². The molecule has 0 atom stereocenters. The number of Topliss-reactive ketones (excluding diaryl/α,β-unsaturated/α-hetero) is 1. The number of benzene rings is 2. The molecular formula is C16H13NO3. The first-order chi connectivity index (χ1) is 9.66. The first kappa shape index (κ1) is 12.4. The van der Waals surface area contributed by atoms with Crippen LogP contribution in [0.1, 0.15) is 21.5 Å². The summed E-state index contributed by atoms with van der Waals surface area (Å²) < 4.78 is 5.70. The van der Waals surface area contributed by atoms with Gasteiger partial charge in [0.25, 0.3) is 11.7 Å². The highest BCUT2D eigenvalue weighted by molar-refractivity contribution is 6.52. The predicted molar refractivity (Wildman–Crippen MR) is 74.9 cm³/mol. The van der Waals surface area contributed by atoms with Crippen molar-refractivity contribution in [3.05, 3.63) is 59.2 Å². The Labute approximate surface area is 116 Å². The maximum Gasteiger partial charge on any atom is 0.297 e. The van der Waals surface area contributed by atoms with Gasteiger partial charge in [0.15, 0.2) is 0 Å². The fourth-order valence-electron chi connectivity index (χ4n) is 2.21. The molecule has 1 amide bonds. The van der Waals surface area contributed by atoms with Crippen LogP contribution in [0.25, 0.3) is 0 Å². The van der Waals surface area contributed by atoms with E-state index in [1.807, 2.05) is 43.3 Å². The summed E-state index contributed by atoms with van der Waals surface area (Å²) in [6.07, 6.45) is 0. The summed E-state index contributed by atoms with van der Waals surface area (Å²) in [5.74, 6) is -0.691. The van der Waals surface area contributed by atoms with Crippen molar-refractivity contribution in [2.24, 2.45) is 0 Å². The summed E-state index contributed by atoms with van der Waals surface area (Å²) >= 11 is 0. The second kappa shape index (κ2) is 4.81. The maximum absolute atomic E-state index is 11.9.